The number of rotatable bonds is 51. The van der Waals surface area contributed by atoms with Gasteiger partial charge in [0.05, 0.1) is 32.0 Å². The van der Waals surface area contributed by atoms with Crippen LogP contribution in [0, 0.1) is 0 Å². The first-order chi connectivity index (χ1) is 38.1. The van der Waals surface area contributed by atoms with E-state index in [0.717, 1.165) is 51.4 Å². The molecule has 78 heavy (non-hydrogen) atoms. The van der Waals surface area contributed by atoms with Gasteiger partial charge in [-0.25, -0.2) is 0 Å². The van der Waals surface area contributed by atoms with Gasteiger partial charge < -0.3 is 65.1 Å². The van der Waals surface area contributed by atoms with E-state index in [1.54, 1.807) is 0 Å². The van der Waals surface area contributed by atoms with Gasteiger partial charge in [0.2, 0.25) is 5.91 Å². The second-order valence-electron chi connectivity index (χ2n) is 22.5. The Morgan fingerprint density at radius 2 is 0.859 bits per heavy atom. The van der Waals surface area contributed by atoms with E-state index in [-0.39, 0.29) is 18.9 Å². The fourth-order valence-corrected chi connectivity index (χ4v) is 10.5. The first-order valence-corrected chi connectivity index (χ1v) is 31.9. The summed E-state index contributed by atoms with van der Waals surface area (Å²) in [6.45, 7) is 2.71. The summed E-state index contributed by atoms with van der Waals surface area (Å²) in [5.41, 5.74) is 0. The Kier molecular flexibility index (Phi) is 45.8. The van der Waals surface area contributed by atoms with Crippen molar-refractivity contribution in [3.8, 4) is 0 Å². The van der Waals surface area contributed by atoms with E-state index < -0.39 is 86.8 Å². The number of unbranched alkanes of at least 4 members (excludes halogenated alkanes) is 30. The molecular weight excluding hydrogens is 991 g/mol. The van der Waals surface area contributed by atoms with Crippen LogP contribution in [0.3, 0.4) is 0 Å². The summed E-state index contributed by atoms with van der Waals surface area (Å²) in [5.74, 6) is -0.285. The van der Waals surface area contributed by atoms with E-state index >= 15 is 0 Å². The average molecular weight is 1110 g/mol. The van der Waals surface area contributed by atoms with Crippen LogP contribution in [0.2, 0.25) is 0 Å². The molecule has 456 valence electrons. The average Bonchev–Trinajstić information content (AvgIpc) is 3.47. The van der Waals surface area contributed by atoms with Crippen molar-refractivity contribution in [1.29, 1.82) is 0 Å². The molecule has 0 aromatic rings. The molecule has 9 N–H and O–H groups in total. The van der Waals surface area contributed by atoms with Crippen molar-refractivity contribution in [3.63, 3.8) is 0 Å². The highest BCUT2D eigenvalue weighted by Crippen LogP contribution is 2.30. The van der Waals surface area contributed by atoms with Crippen molar-refractivity contribution >= 4 is 5.91 Å². The molecule has 12 unspecified atom stereocenters. The van der Waals surface area contributed by atoms with E-state index in [9.17, 15) is 45.6 Å². The second-order valence-corrected chi connectivity index (χ2v) is 22.5. The van der Waals surface area contributed by atoms with Gasteiger partial charge in [-0.2, -0.15) is 0 Å². The Morgan fingerprint density at radius 1 is 0.474 bits per heavy atom. The number of nitrogens with one attached hydrogen (secondary N) is 1. The standard InChI is InChI=1S/C64H117NO13/c1-3-5-7-9-11-13-15-17-18-19-20-21-22-23-24-25-26-27-28-29-30-31-32-33-34-36-37-39-41-43-45-47-53(68)52(65-56(69)48-46-44-42-40-38-35-16-14-12-10-8-6-4-2)51-75-63-61(74)59(72)62(55(50-67)77-63)78-64-60(73)58(71)57(70)54(49-66)76-64/h6,8,12,14,35,38,42,44,52-55,57-64,66-68,70-74H,3-5,7,9-11,13,15-34,36-37,39-41,43,45-51H2,1-2H3,(H,65,69)/b8-6-,14-12-,38-35-,44-42-. The molecule has 0 aromatic heterocycles. The van der Waals surface area contributed by atoms with Crippen LogP contribution in [0.5, 0.6) is 0 Å². The van der Waals surface area contributed by atoms with Gasteiger partial charge in [-0.1, -0.05) is 262 Å². The van der Waals surface area contributed by atoms with Gasteiger partial charge >= 0.3 is 0 Å². The van der Waals surface area contributed by atoms with Gasteiger partial charge in [-0.3, -0.25) is 4.79 Å². The Balaban J connectivity index is 1.65. The smallest absolute Gasteiger partial charge is 0.220 e. The molecule has 0 aromatic carbocycles. The number of carbonyl (C=O) groups is 1. The number of amides is 1. The van der Waals surface area contributed by atoms with Crippen LogP contribution < -0.4 is 5.32 Å². The van der Waals surface area contributed by atoms with E-state index in [2.05, 4.69) is 55.6 Å². The minimum atomic E-state index is -1.79. The lowest BCUT2D eigenvalue weighted by molar-refractivity contribution is -0.359. The predicted octanol–water partition coefficient (Wildman–Crippen LogP) is 11.6. The molecule has 0 bridgehead atoms. The van der Waals surface area contributed by atoms with Gasteiger partial charge in [0.25, 0.3) is 0 Å². The number of ether oxygens (including phenoxy) is 4. The van der Waals surface area contributed by atoms with Crippen molar-refractivity contribution < 1.29 is 64.6 Å². The summed E-state index contributed by atoms with van der Waals surface area (Å²) >= 11 is 0. The molecule has 2 aliphatic rings. The van der Waals surface area contributed by atoms with Crippen LogP contribution in [-0.4, -0.2) is 140 Å². The normalized spacial score (nSPS) is 24.8. The first kappa shape index (κ1) is 72.1. The topological polar surface area (TPSA) is 228 Å². The minimum absolute atomic E-state index is 0.182. The van der Waals surface area contributed by atoms with E-state index in [0.29, 0.717) is 12.8 Å². The number of aliphatic hydroxyl groups excluding tert-OH is 8. The van der Waals surface area contributed by atoms with Crippen molar-refractivity contribution in [1.82, 2.24) is 5.32 Å². The van der Waals surface area contributed by atoms with Crippen LogP contribution in [0.25, 0.3) is 0 Å². The fraction of sp³-hybridized carbons (Fsp3) is 0.859. The first-order valence-electron chi connectivity index (χ1n) is 31.9. The molecule has 2 rings (SSSR count). The molecule has 12 atom stereocenters. The van der Waals surface area contributed by atoms with E-state index in [1.165, 1.54) is 173 Å². The van der Waals surface area contributed by atoms with Gasteiger partial charge in [0.1, 0.15) is 48.8 Å². The molecule has 2 fully saturated rings. The SMILES string of the molecule is CC/C=C\C/C=C\C/C=C\C/C=C\CCC(=O)NC(COC1OC(CO)C(OC2OC(CO)C(O)C(O)C2O)C(O)C1O)C(O)CCCCCCCCCCCCCCCCCCCCCCCCCCCCCCCCC. The quantitative estimate of drug-likeness (QED) is 0.0204. The molecule has 14 heteroatoms. The summed E-state index contributed by atoms with van der Waals surface area (Å²) in [4.78, 5) is 13.2. The Labute approximate surface area is 473 Å². The molecule has 2 saturated heterocycles. The summed E-state index contributed by atoms with van der Waals surface area (Å²) in [6.07, 6.45) is 45.9. The maximum absolute atomic E-state index is 13.2. The van der Waals surface area contributed by atoms with Gasteiger partial charge in [-0.15, -0.1) is 0 Å². The lowest BCUT2D eigenvalue weighted by atomic mass is 9.97. The molecule has 2 heterocycles. The molecule has 14 nitrogen and oxygen atoms in total. The molecule has 0 saturated carbocycles. The van der Waals surface area contributed by atoms with Crippen LogP contribution in [0.4, 0.5) is 0 Å². The Morgan fingerprint density at radius 3 is 1.28 bits per heavy atom. The summed E-state index contributed by atoms with van der Waals surface area (Å²) in [6, 6.07) is -0.868. The van der Waals surface area contributed by atoms with E-state index in [1.807, 2.05) is 12.2 Å². The summed E-state index contributed by atoms with van der Waals surface area (Å²) < 4.78 is 22.8. The fourth-order valence-electron chi connectivity index (χ4n) is 10.5. The molecule has 0 radical (unpaired) electrons. The number of carbonyl (C=O) groups excluding carboxylic acids is 1. The highest BCUT2D eigenvalue weighted by molar-refractivity contribution is 5.76. The van der Waals surface area contributed by atoms with E-state index in [4.69, 9.17) is 18.9 Å². The Bertz CT molecular complexity index is 1490. The van der Waals surface area contributed by atoms with Gasteiger partial charge in [0, 0.05) is 6.42 Å². The third-order valence-corrected chi connectivity index (χ3v) is 15.6. The maximum Gasteiger partial charge on any atom is 0.220 e. The molecular formula is C64H117NO13. The maximum atomic E-state index is 13.2. The van der Waals surface area contributed by atoms with Gasteiger partial charge in [-0.05, 0) is 38.5 Å². The Hall–Kier alpha value is -2.05. The van der Waals surface area contributed by atoms with Crippen LogP contribution >= 0.6 is 0 Å². The molecule has 1 amide bonds. The zero-order chi connectivity index (χ0) is 56.7. The highest BCUT2D eigenvalue weighted by atomic mass is 16.7. The largest absolute Gasteiger partial charge is 0.394 e. The van der Waals surface area contributed by atoms with Crippen LogP contribution in [0.15, 0.2) is 48.6 Å². The van der Waals surface area contributed by atoms with Crippen molar-refractivity contribution in [2.24, 2.45) is 0 Å². The minimum Gasteiger partial charge on any atom is -0.394 e. The lowest BCUT2D eigenvalue weighted by Gasteiger charge is -2.46. The molecule has 0 aliphatic carbocycles. The predicted molar refractivity (Wildman–Crippen MR) is 314 cm³/mol. The zero-order valence-corrected chi connectivity index (χ0v) is 49.2. The number of aliphatic hydroxyl groups is 8. The van der Waals surface area contributed by atoms with Gasteiger partial charge in [0.15, 0.2) is 12.6 Å². The summed E-state index contributed by atoms with van der Waals surface area (Å²) in [7, 11) is 0. The monoisotopic (exact) mass is 1110 g/mol. The highest BCUT2D eigenvalue weighted by Gasteiger charge is 2.51. The number of allylic oxidation sites excluding steroid dienone is 8. The van der Waals surface area contributed by atoms with Crippen LogP contribution in [0.1, 0.15) is 258 Å². The number of hydrogen-bond acceptors (Lipinski definition) is 13. The van der Waals surface area contributed by atoms with Crippen molar-refractivity contribution in [3.05, 3.63) is 48.6 Å². The van der Waals surface area contributed by atoms with Crippen molar-refractivity contribution in [2.75, 3.05) is 19.8 Å². The number of hydrogen-bond donors (Lipinski definition) is 9. The third kappa shape index (κ3) is 34.4. The van der Waals surface area contributed by atoms with Crippen molar-refractivity contribution in [2.45, 2.75) is 331 Å². The molecule has 2 aliphatic heterocycles. The summed E-state index contributed by atoms with van der Waals surface area (Å²) in [5, 5.41) is 87.2. The third-order valence-electron chi connectivity index (χ3n) is 15.6. The zero-order valence-electron chi connectivity index (χ0n) is 49.2. The van der Waals surface area contributed by atoms with Crippen LogP contribution in [-0.2, 0) is 23.7 Å². The second kappa shape index (κ2) is 49.5. The lowest BCUT2D eigenvalue weighted by Crippen LogP contribution is -2.65. The molecule has 0 spiro atoms.